The fourth-order valence-electron chi connectivity index (χ4n) is 4.17. The topological polar surface area (TPSA) is 168 Å². The van der Waals surface area contributed by atoms with Crippen LogP contribution in [0.3, 0.4) is 0 Å². The Morgan fingerprint density at radius 3 is 2.52 bits per heavy atom. The molecule has 13 heteroatoms. The van der Waals surface area contributed by atoms with Crippen molar-refractivity contribution in [1.82, 2.24) is 9.97 Å². The number of hydrogen-bond donors (Lipinski definition) is 3. The number of nitrogens with two attached hydrogens (primary N) is 3. The number of hydrogen-bond acceptors (Lipinski definition) is 11. The fraction of sp³-hybridized carbons (Fsp3) is 0.258. The third-order valence-corrected chi connectivity index (χ3v) is 8.60. The number of halogens is 1. The molecule has 2 heterocycles. The number of ether oxygens (including phenoxy) is 2. The van der Waals surface area contributed by atoms with Gasteiger partial charge in [-0.15, -0.1) is 11.3 Å². The predicted molar refractivity (Wildman–Crippen MR) is 175 cm³/mol. The molecule has 226 valence electrons. The van der Waals surface area contributed by atoms with Gasteiger partial charge in [0.1, 0.15) is 46.9 Å². The molecule has 0 fully saturated rings. The first-order valence-electron chi connectivity index (χ1n) is 13.6. The zero-order chi connectivity index (χ0) is 31.5. The number of nitrogens with zero attached hydrogens (tertiary/aromatic N) is 4. The second-order valence-electron chi connectivity index (χ2n) is 9.50. The quantitative estimate of drug-likeness (QED) is 0.0620. The molecule has 2 aromatic heterocycles. The predicted octanol–water partition coefficient (Wildman–Crippen LogP) is 6.20. The van der Waals surface area contributed by atoms with Crippen molar-refractivity contribution in [3.63, 3.8) is 0 Å². The molecular formula is C31H30ClN7O3S2. The molecule has 4 aromatic rings. The molecule has 6 N–H and O–H groups in total. The zero-order valence-corrected chi connectivity index (χ0v) is 26.1. The summed E-state index contributed by atoms with van der Waals surface area (Å²) < 4.78 is 10.9. The van der Waals surface area contributed by atoms with Crippen LogP contribution in [-0.2, 0) is 15.3 Å². The van der Waals surface area contributed by atoms with Crippen LogP contribution in [0.5, 0.6) is 5.75 Å². The van der Waals surface area contributed by atoms with Gasteiger partial charge in [-0.2, -0.15) is 5.26 Å². The largest absolute Gasteiger partial charge is 0.490 e. The van der Waals surface area contributed by atoms with Gasteiger partial charge in [-0.3, -0.25) is 4.79 Å². The van der Waals surface area contributed by atoms with E-state index in [-0.39, 0.29) is 30.3 Å². The van der Waals surface area contributed by atoms with Gasteiger partial charge in [-0.1, -0.05) is 54.0 Å². The summed E-state index contributed by atoms with van der Waals surface area (Å²) in [6, 6.07) is 15.9. The molecule has 0 unspecified atom stereocenters. The summed E-state index contributed by atoms with van der Waals surface area (Å²) >= 11 is 8.84. The van der Waals surface area contributed by atoms with Crippen molar-refractivity contribution < 1.29 is 14.3 Å². The van der Waals surface area contributed by atoms with E-state index in [1.165, 1.54) is 23.1 Å². The number of carbonyl (C=O) groups is 1. The van der Waals surface area contributed by atoms with Crippen LogP contribution < -0.4 is 21.9 Å². The molecule has 0 bridgehead atoms. The number of aromatic nitrogens is 2. The Kier molecular flexibility index (Phi) is 11.9. The molecule has 0 aliphatic rings. The second kappa shape index (κ2) is 16.1. The lowest BCUT2D eigenvalue weighted by atomic mass is 10.00. The highest BCUT2D eigenvalue weighted by atomic mass is 35.5. The van der Waals surface area contributed by atoms with Crippen LogP contribution in [0.25, 0.3) is 26.5 Å². The van der Waals surface area contributed by atoms with E-state index >= 15 is 0 Å². The monoisotopic (exact) mass is 647 g/mol. The number of nitriles is 1. The van der Waals surface area contributed by atoms with E-state index in [1.807, 2.05) is 29.6 Å². The number of thioether (sulfide) groups is 1. The Hall–Kier alpha value is -4.17. The van der Waals surface area contributed by atoms with Gasteiger partial charge in [0.05, 0.1) is 17.8 Å². The van der Waals surface area contributed by atoms with Crippen molar-refractivity contribution in [1.29, 1.82) is 5.26 Å². The first-order valence-corrected chi connectivity index (χ1v) is 15.9. The van der Waals surface area contributed by atoms with Gasteiger partial charge in [-0.25, -0.2) is 14.8 Å². The van der Waals surface area contributed by atoms with Crippen LogP contribution in [0.2, 0.25) is 5.02 Å². The van der Waals surface area contributed by atoms with Crippen LogP contribution >= 0.6 is 34.7 Å². The minimum Gasteiger partial charge on any atom is -0.490 e. The summed E-state index contributed by atoms with van der Waals surface area (Å²) in [4.78, 5) is 24.7. The van der Waals surface area contributed by atoms with Crippen LogP contribution in [0, 0.1) is 17.9 Å². The number of pyridine rings is 1. The maximum absolute atomic E-state index is 12.0. The van der Waals surface area contributed by atoms with Crippen molar-refractivity contribution in [2.24, 2.45) is 11.5 Å². The number of unbranched alkanes of at least 4 members (excludes halogenated alkanes) is 1. The van der Waals surface area contributed by atoms with Crippen molar-refractivity contribution in [3.8, 4) is 33.5 Å². The molecule has 0 aliphatic heterocycles. The smallest absolute Gasteiger partial charge is 0.323 e. The summed E-state index contributed by atoms with van der Waals surface area (Å²) in [5.74, 6) is 0.548. The lowest BCUT2D eigenvalue weighted by Gasteiger charge is -2.14. The second-order valence-corrected chi connectivity index (χ2v) is 11.8. The average molecular weight is 648 g/mol. The number of nitrogen functional groups attached to an aromatic ring is 1. The van der Waals surface area contributed by atoms with Gasteiger partial charge in [-0.05, 0) is 49.2 Å². The van der Waals surface area contributed by atoms with Gasteiger partial charge in [0.15, 0.2) is 0 Å². The minimum absolute atomic E-state index is 0.0417. The van der Waals surface area contributed by atoms with E-state index in [2.05, 4.69) is 15.9 Å². The summed E-state index contributed by atoms with van der Waals surface area (Å²) in [5.41, 5.74) is 20.7. The third-order valence-electron chi connectivity index (χ3n) is 6.40. The minimum atomic E-state index is -0.684. The zero-order valence-electron chi connectivity index (χ0n) is 23.7. The molecule has 1 atom stereocenters. The maximum atomic E-state index is 12.0. The summed E-state index contributed by atoms with van der Waals surface area (Å²) in [7, 11) is 0. The Labute approximate surface area is 269 Å². The number of anilines is 1. The van der Waals surface area contributed by atoms with E-state index in [9.17, 15) is 10.1 Å². The first kappa shape index (κ1) is 32.7. The number of thiazole rings is 1. The Bertz CT molecular complexity index is 1670. The lowest BCUT2D eigenvalue weighted by Crippen LogP contribution is -2.33. The highest BCUT2D eigenvalue weighted by Crippen LogP contribution is 2.42. The van der Waals surface area contributed by atoms with Crippen molar-refractivity contribution in [3.05, 3.63) is 81.6 Å². The molecule has 0 radical (unpaired) electrons. The SMILES string of the molecule is [C-]#[N+]c1c(N)nc(SCc2csc(-c3ccc(Cl)cc3)n2)c(C#N)c1-c1ccc(OCCOC(=O)[C@@H](N)CCCCN)cc1. The molecule has 44 heavy (non-hydrogen) atoms. The van der Waals surface area contributed by atoms with Crippen LogP contribution in [-0.4, -0.2) is 41.7 Å². The summed E-state index contributed by atoms with van der Waals surface area (Å²) in [6.07, 6.45) is 2.09. The molecule has 0 saturated heterocycles. The van der Waals surface area contributed by atoms with Gasteiger partial charge in [0, 0.05) is 27.3 Å². The third kappa shape index (κ3) is 8.47. The lowest BCUT2D eigenvalue weighted by molar-refractivity contribution is -0.146. The van der Waals surface area contributed by atoms with Gasteiger partial charge in [0.25, 0.3) is 0 Å². The molecular weight excluding hydrogens is 618 g/mol. The summed E-state index contributed by atoms with van der Waals surface area (Å²) in [6.45, 7) is 8.45. The van der Waals surface area contributed by atoms with Crippen molar-refractivity contribution in [2.75, 3.05) is 25.5 Å². The number of benzene rings is 2. The van der Waals surface area contributed by atoms with E-state index in [1.54, 1.807) is 24.3 Å². The maximum Gasteiger partial charge on any atom is 0.323 e. The number of rotatable bonds is 14. The van der Waals surface area contributed by atoms with E-state index < -0.39 is 12.0 Å². The van der Waals surface area contributed by atoms with Crippen molar-refractivity contribution in [2.45, 2.75) is 36.1 Å². The van der Waals surface area contributed by atoms with E-state index in [0.29, 0.717) is 45.6 Å². The molecule has 10 nitrogen and oxygen atoms in total. The molecule has 0 saturated carbocycles. The average Bonchev–Trinajstić information content (AvgIpc) is 3.51. The molecule has 2 aromatic carbocycles. The first-order chi connectivity index (χ1) is 21.3. The highest BCUT2D eigenvalue weighted by molar-refractivity contribution is 7.98. The van der Waals surface area contributed by atoms with Gasteiger partial charge in [0.2, 0.25) is 5.69 Å². The standard InChI is InChI=1S/C31H30ClN7O3S2/c1-37-27-26(19-7-11-23(12-8-19)41-14-15-42-31(40)25(35)4-2-3-13-33)24(16-34)30(39-28(27)36)44-18-22-17-43-29(38-22)20-5-9-21(32)10-6-20/h5-12,17,25H,2-4,13-15,18,33,35H2,(H2,36,39)/t25-/m0/s1. The van der Waals surface area contributed by atoms with Gasteiger partial charge >= 0.3 is 5.97 Å². The van der Waals surface area contributed by atoms with Crippen molar-refractivity contribution >= 4 is 52.2 Å². The van der Waals surface area contributed by atoms with E-state index in [4.69, 9.17) is 49.8 Å². The fourth-order valence-corrected chi connectivity index (χ4v) is 6.11. The van der Waals surface area contributed by atoms with Crippen LogP contribution in [0.4, 0.5) is 11.5 Å². The molecule has 0 aliphatic carbocycles. The Morgan fingerprint density at radius 1 is 1.11 bits per heavy atom. The molecule has 0 amide bonds. The Balaban J connectivity index is 1.43. The number of carbonyl (C=O) groups excluding carboxylic acids is 1. The number of esters is 1. The molecule has 4 rings (SSSR count). The van der Waals surface area contributed by atoms with Crippen LogP contribution in [0.1, 0.15) is 30.5 Å². The molecule has 0 spiro atoms. The summed E-state index contributed by atoms with van der Waals surface area (Å²) in [5, 5.41) is 14.0. The highest BCUT2D eigenvalue weighted by Gasteiger charge is 2.21. The van der Waals surface area contributed by atoms with Crippen LogP contribution in [0.15, 0.2) is 58.9 Å². The van der Waals surface area contributed by atoms with E-state index in [0.717, 1.165) is 29.1 Å². The normalized spacial score (nSPS) is 11.4. The van der Waals surface area contributed by atoms with Gasteiger partial charge < -0.3 is 26.7 Å². The Morgan fingerprint density at radius 2 is 1.84 bits per heavy atom.